The third kappa shape index (κ3) is 1.95. The summed E-state index contributed by atoms with van der Waals surface area (Å²) in [6, 6.07) is 10.2. The summed E-state index contributed by atoms with van der Waals surface area (Å²) in [7, 11) is 0. The van der Waals surface area contributed by atoms with Crippen LogP contribution in [0.1, 0.15) is 18.4 Å². The smallest absolute Gasteiger partial charge is 0.0165 e. The maximum Gasteiger partial charge on any atom is 0.0165 e. The first-order valence-electron chi connectivity index (χ1n) is 4.16. The van der Waals surface area contributed by atoms with Gasteiger partial charge in [0.1, 0.15) is 0 Å². The Kier molecular flexibility index (Phi) is 3.06. The van der Waals surface area contributed by atoms with Gasteiger partial charge in [0.15, 0.2) is 0 Å². The zero-order valence-electron chi connectivity index (χ0n) is 7.46. The molecule has 1 nitrogen and oxygen atoms in total. The summed E-state index contributed by atoms with van der Waals surface area (Å²) in [5, 5.41) is 0. The molecule has 1 aromatic carbocycles. The van der Waals surface area contributed by atoms with Gasteiger partial charge in [-0.1, -0.05) is 42.5 Å². The van der Waals surface area contributed by atoms with Crippen LogP contribution in [-0.2, 0) is 0 Å². The van der Waals surface area contributed by atoms with Crippen molar-refractivity contribution in [3.63, 3.8) is 0 Å². The van der Waals surface area contributed by atoms with Crippen molar-refractivity contribution in [1.82, 2.24) is 0 Å². The van der Waals surface area contributed by atoms with Crippen molar-refractivity contribution in [2.24, 2.45) is 5.73 Å². The van der Waals surface area contributed by atoms with Crippen LogP contribution in [-0.4, -0.2) is 6.54 Å². The SMILES string of the molecule is C=C(C)C(CN)c1ccccc1. The third-order valence-electron chi connectivity index (χ3n) is 2.03. The number of nitrogens with two attached hydrogens (primary N) is 1. The molecule has 1 aromatic rings. The maximum atomic E-state index is 5.64. The quantitative estimate of drug-likeness (QED) is 0.676. The van der Waals surface area contributed by atoms with E-state index < -0.39 is 0 Å². The highest BCUT2D eigenvalue weighted by molar-refractivity contribution is 5.26. The van der Waals surface area contributed by atoms with Crippen LogP contribution in [0, 0.1) is 0 Å². The Balaban J connectivity index is 2.88. The molecule has 64 valence electrons. The number of rotatable bonds is 3. The number of hydrogen-bond acceptors (Lipinski definition) is 1. The predicted octanol–water partition coefficient (Wildman–Crippen LogP) is 2.31. The molecule has 12 heavy (non-hydrogen) atoms. The molecule has 0 saturated carbocycles. The fraction of sp³-hybridized carbons (Fsp3) is 0.273. The van der Waals surface area contributed by atoms with Crippen molar-refractivity contribution >= 4 is 0 Å². The number of benzene rings is 1. The molecule has 0 aliphatic rings. The zero-order valence-corrected chi connectivity index (χ0v) is 7.46. The average molecular weight is 161 g/mol. The van der Waals surface area contributed by atoms with Gasteiger partial charge in [0.25, 0.3) is 0 Å². The molecule has 1 rings (SSSR count). The molecule has 0 saturated heterocycles. The summed E-state index contributed by atoms with van der Waals surface area (Å²) in [6.45, 7) is 6.58. The zero-order chi connectivity index (χ0) is 8.97. The first kappa shape index (κ1) is 9.01. The van der Waals surface area contributed by atoms with Crippen LogP contribution < -0.4 is 5.73 Å². The van der Waals surface area contributed by atoms with Gasteiger partial charge in [0.05, 0.1) is 0 Å². The van der Waals surface area contributed by atoms with Crippen molar-refractivity contribution in [1.29, 1.82) is 0 Å². The van der Waals surface area contributed by atoms with Crippen molar-refractivity contribution in [3.05, 3.63) is 48.0 Å². The fourth-order valence-electron chi connectivity index (χ4n) is 1.31. The van der Waals surface area contributed by atoms with Crippen LogP contribution in [0.4, 0.5) is 0 Å². The van der Waals surface area contributed by atoms with Crippen molar-refractivity contribution in [2.75, 3.05) is 6.54 Å². The lowest BCUT2D eigenvalue weighted by molar-refractivity contribution is 0.803. The highest BCUT2D eigenvalue weighted by atomic mass is 14.5. The molecule has 1 heteroatoms. The molecule has 1 unspecified atom stereocenters. The predicted molar refractivity (Wildman–Crippen MR) is 53.1 cm³/mol. The maximum absolute atomic E-state index is 5.64. The van der Waals surface area contributed by atoms with E-state index in [0.717, 1.165) is 5.57 Å². The minimum atomic E-state index is 0.311. The summed E-state index contributed by atoms with van der Waals surface area (Å²) in [6.07, 6.45) is 0. The van der Waals surface area contributed by atoms with Crippen LogP contribution in [0.3, 0.4) is 0 Å². The molecule has 2 N–H and O–H groups in total. The van der Waals surface area contributed by atoms with Crippen LogP contribution in [0.2, 0.25) is 0 Å². The van der Waals surface area contributed by atoms with Gasteiger partial charge in [-0.25, -0.2) is 0 Å². The van der Waals surface area contributed by atoms with Gasteiger partial charge in [0, 0.05) is 12.5 Å². The second-order valence-electron chi connectivity index (χ2n) is 3.05. The molecular formula is C11H15N. The van der Waals surface area contributed by atoms with E-state index in [1.165, 1.54) is 5.56 Å². The van der Waals surface area contributed by atoms with Gasteiger partial charge in [-0.3, -0.25) is 0 Å². The van der Waals surface area contributed by atoms with Gasteiger partial charge in [-0.15, -0.1) is 0 Å². The van der Waals surface area contributed by atoms with Crippen LogP contribution in [0.25, 0.3) is 0 Å². The largest absolute Gasteiger partial charge is 0.330 e. The Hall–Kier alpha value is -1.08. The van der Waals surface area contributed by atoms with Crippen LogP contribution in [0.15, 0.2) is 42.5 Å². The molecule has 0 aliphatic carbocycles. The minimum absolute atomic E-state index is 0.311. The highest BCUT2D eigenvalue weighted by Crippen LogP contribution is 2.20. The van der Waals surface area contributed by atoms with E-state index in [1.54, 1.807) is 0 Å². The second-order valence-corrected chi connectivity index (χ2v) is 3.05. The van der Waals surface area contributed by atoms with E-state index in [2.05, 4.69) is 18.7 Å². The lowest BCUT2D eigenvalue weighted by Gasteiger charge is -2.14. The number of hydrogen-bond donors (Lipinski definition) is 1. The second kappa shape index (κ2) is 4.07. The van der Waals surface area contributed by atoms with E-state index >= 15 is 0 Å². The Labute approximate surface area is 73.9 Å². The molecular weight excluding hydrogens is 146 g/mol. The highest BCUT2D eigenvalue weighted by Gasteiger charge is 2.08. The summed E-state index contributed by atoms with van der Waals surface area (Å²) in [5.74, 6) is 0.311. The van der Waals surface area contributed by atoms with E-state index in [4.69, 9.17) is 5.73 Å². The minimum Gasteiger partial charge on any atom is -0.330 e. The standard InChI is InChI=1S/C11H15N/c1-9(2)11(8-12)10-6-4-3-5-7-10/h3-7,11H,1,8,12H2,2H3. The van der Waals surface area contributed by atoms with Crippen LogP contribution in [0.5, 0.6) is 0 Å². The average Bonchev–Trinajstić information content (AvgIpc) is 2.07. The topological polar surface area (TPSA) is 26.0 Å². The summed E-state index contributed by atoms with van der Waals surface area (Å²) in [5.41, 5.74) is 8.03. The molecule has 0 heterocycles. The molecule has 0 aliphatic heterocycles. The molecule has 0 fully saturated rings. The molecule has 0 spiro atoms. The Morgan fingerprint density at radius 2 is 2.00 bits per heavy atom. The summed E-state index contributed by atoms with van der Waals surface area (Å²) in [4.78, 5) is 0. The monoisotopic (exact) mass is 161 g/mol. The van der Waals surface area contributed by atoms with E-state index in [1.807, 2.05) is 25.1 Å². The molecule has 0 amide bonds. The molecule has 0 radical (unpaired) electrons. The van der Waals surface area contributed by atoms with Gasteiger partial charge >= 0.3 is 0 Å². The van der Waals surface area contributed by atoms with E-state index in [9.17, 15) is 0 Å². The summed E-state index contributed by atoms with van der Waals surface area (Å²) >= 11 is 0. The van der Waals surface area contributed by atoms with Gasteiger partial charge < -0.3 is 5.73 Å². The van der Waals surface area contributed by atoms with Gasteiger partial charge in [0.2, 0.25) is 0 Å². The molecule has 0 bridgehead atoms. The van der Waals surface area contributed by atoms with Gasteiger partial charge in [-0.05, 0) is 12.5 Å². The lowest BCUT2D eigenvalue weighted by Crippen LogP contribution is -2.12. The van der Waals surface area contributed by atoms with E-state index in [-0.39, 0.29) is 0 Å². The molecule has 1 atom stereocenters. The molecule has 0 aromatic heterocycles. The third-order valence-corrected chi connectivity index (χ3v) is 2.03. The van der Waals surface area contributed by atoms with Crippen molar-refractivity contribution in [3.8, 4) is 0 Å². The van der Waals surface area contributed by atoms with Gasteiger partial charge in [-0.2, -0.15) is 0 Å². The Morgan fingerprint density at radius 1 is 1.42 bits per heavy atom. The van der Waals surface area contributed by atoms with Crippen LogP contribution >= 0.6 is 0 Å². The Bertz CT molecular complexity index is 251. The van der Waals surface area contributed by atoms with Crippen molar-refractivity contribution in [2.45, 2.75) is 12.8 Å². The Morgan fingerprint density at radius 3 is 2.42 bits per heavy atom. The summed E-state index contributed by atoms with van der Waals surface area (Å²) < 4.78 is 0. The normalized spacial score (nSPS) is 12.5. The van der Waals surface area contributed by atoms with Crippen molar-refractivity contribution < 1.29 is 0 Å². The first-order valence-corrected chi connectivity index (χ1v) is 4.16. The van der Waals surface area contributed by atoms with E-state index in [0.29, 0.717) is 12.5 Å². The fourth-order valence-corrected chi connectivity index (χ4v) is 1.31. The first-order chi connectivity index (χ1) is 5.75. The lowest BCUT2D eigenvalue weighted by atomic mass is 9.93.